The molecular weight excluding hydrogens is 316 g/mol. The van der Waals surface area contributed by atoms with Gasteiger partial charge < -0.3 is 10.2 Å². The highest BCUT2D eigenvalue weighted by Gasteiger charge is 2.36. The average molecular weight is 346 g/mol. The molecule has 2 saturated heterocycles. The van der Waals surface area contributed by atoms with Crippen molar-refractivity contribution in [3.63, 3.8) is 0 Å². The third-order valence-corrected chi connectivity index (χ3v) is 5.24. The number of benzene rings is 1. The number of carbonyl (C=O) groups is 1. The summed E-state index contributed by atoms with van der Waals surface area (Å²) in [6.45, 7) is 12.0. The van der Waals surface area contributed by atoms with Gasteiger partial charge in [0.2, 0.25) is 5.91 Å². The van der Waals surface area contributed by atoms with Crippen molar-refractivity contribution in [2.75, 3.05) is 31.5 Å². The number of hydrogen-bond donors (Lipinski definition) is 4. The Morgan fingerprint density at radius 1 is 1.12 bits per heavy atom. The van der Waals surface area contributed by atoms with Crippen LogP contribution in [0.25, 0.3) is 0 Å². The number of hydrogen-bond acceptors (Lipinski definition) is 6. The highest BCUT2D eigenvalue weighted by atomic mass is 16.2. The molecular formula is C18H30N6O. The maximum absolute atomic E-state index is 12.9. The second kappa shape index (κ2) is 7.70. The third kappa shape index (κ3) is 4.12. The number of nitrogens with one attached hydrogen (secondary N) is 4. The number of rotatable bonds is 4. The van der Waals surface area contributed by atoms with Crippen LogP contribution in [0.15, 0.2) is 18.2 Å². The van der Waals surface area contributed by atoms with Crippen molar-refractivity contribution in [3.8, 4) is 0 Å². The Morgan fingerprint density at radius 2 is 1.84 bits per heavy atom. The fraction of sp³-hybridized carbons (Fsp3) is 0.611. The number of nitrogens with zero attached hydrogens (tertiary/aromatic N) is 2. The van der Waals surface area contributed by atoms with E-state index in [1.165, 1.54) is 11.1 Å². The summed E-state index contributed by atoms with van der Waals surface area (Å²) in [7, 11) is 0. The van der Waals surface area contributed by atoms with Gasteiger partial charge in [0.15, 0.2) is 0 Å². The first-order chi connectivity index (χ1) is 12.0. The fourth-order valence-corrected chi connectivity index (χ4v) is 3.35. The summed E-state index contributed by atoms with van der Waals surface area (Å²) in [6, 6.07) is 6.44. The molecule has 0 aliphatic carbocycles. The van der Waals surface area contributed by atoms with Gasteiger partial charge in [-0.2, -0.15) is 5.53 Å². The predicted octanol–water partition coefficient (Wildman–Crippen LogP) is 0.575. The molecule has 25 heavy (non-hydrogen) atoms. The van der Waals surface area contributed by atoms with Crippen molar-refractivity contribution in [1.29, 1.82) is 0 Å². The van der Waals surface area contributed by atoms with E-state index >= 15 is 0 Å². The molecule has 0 bridgehead atoms. The van der Waals surface area contributed by atoms with Gasteiger partial charge in [-0.15, -0.1) is 0 Å². The molecule has 0 spiro atoms. The van der Waals surface area contributed by atoms with Crippen LogP contribution in [-0.4, -0.2) is 60.1 Å². The molecule has 7 heteroatoms. The van der Waals surface area contributed by atoms with Gasteiger partial charge in [0, 0.05) is 37.9 Å². The lowest BCUT2D eigenvalue weighted by Gasteiger charge is -2.38. The van der Waals surface area contributed by atoms with Crippen molar-refractivity contribution in [3.05, 3.63) is 29.3 Å². The summed E-state index contributed by atoms with van der Waals surface area (Å²) < 4.78 is 0. The summed E-state index contributed by atoms with van der Waals surface area (Å²) in [6.07, 6.45) is -0.197. The Labute approximate surface area is 150 Å². The van der Waals surface area contributed by atoms with Gasteiger partial charge in [0.25, 0.3) is 0 Å². The predicted molar refractivity (Wildman–Crippen MR) is 99.8 cm³/mol. The number of carbonyl (C=O) groups excluding carboxylic acids is 1. The van der Waals surface area contributed by atoms with Gasteiger partial charge in [-0.05, 0) is 51.0 Å². The summed E-state index contributed by atoms with van der Waals surface area (Å²) in [5.74, 6) is 0.127. The second-order valence-electron chi connectivity index (χ2n) is 7.27. The van der Waals surface area contributed by atoms with Crippen LogP contribution < -0.4 is 21.7 Å². The monoisotopic (exact) mass is 346 g/mol. The summed E-state index contributed by atoms with van der Waals surface area (Å²) in [4.78, 5) is 17.3. The molecule has 2 aliphatic rings. The van der Waals surface area contributed by atoms with Gasteiger partial charge >= 0.3 is 0 Å². The van der Waals surface area contributed by atoms with Gasteiger partial charge in [-0.25, -0.2) is 10.9 Å². The molecule has 0 radical (unpaired) electrons. The number of hydrazine groups is 2. The molecule has 2 fully saturated rings. The smallest absolute Gasteiger partial charge is 0.244 e. The second-order valence-corrected chi connectivity index (χ2v) is 7.27. The molecule has 0 saturated carbocycles. The van der Waals surface area contributed by atoms with Crippen LogP contribution in [0.5, 0.6) is 0 Å². The summed E-state index contributed by atoms with van der Waals surface area (Å²) in [5, 5.41) is 3.41. The Kier molecular flexibility index (Phi) is 5.58. The van der Waals surface area contributed by atoms with Crippen LogP contribution >= 0.6 is 0 Å². The first-order valence-electron chi connectivity index (χ1n) is 9.08. The fourth-order valence-electron chi connectivity index (χ4n) is 3.35. The quantitative estimate of drug-likeness (QED) is 0.639. The molecule has 4 N–H and O–H groups in total. The summed E-state index contributed by atoms with van der Waals surface area (Å²) in [5.41, 5.74) is 12.6. The molecule has 1 amide bonds. The van der Waals surface area contributed by atoms with Crippen LogP contribution in [0.2, 0.25) is 0 Å². The van der Waals surface area contributed by atoms with Crippen molar-refractivity contribution >= 4 is 11.6 Å². The number of piperazine rings is 1. The number of anilines is 1. The molecule has 1 aromatic carbocycles. The minimum Gasteiger partial charge on any atom is -0.367 e. The van der Waals surface area contributed by atoms with Crippen LogP contribution in [0.1, 0.15) is 25.0 Å². The lowest BCUT2D eigenvalue weighted by atomic mass is 10.1. The zero-order valence-electron chi connectivity index (χ0n) is 15.6. The minimum absolute atomic E-state index is 0.127. The summed E-state index contributed by atoms with van der Waals surface area (Å²) >= 11 is 0. The minimum atomic E-state index is -0.341. The molecule has 0 aromatic heterocycles. The lowest BCUT2D eigenvalue weighted by molar-refractivity contribution is -0.135. The van der Waals surface area contributed by atoms with Gasteiger partial charge in [-0.1, -0.05) is 6.07 Å². The van der Waals surface area contributed by atoms with Crippen LogP contribution in [0, 0.1) is 13.8 Å². The third-order valence-electron chi connectivity index (χ3n) is 5.24. The van der Waals surface area contributed by atoms with E-state index in [1.54, 1.807) is 0 Å². The molecule has 2 atom stereocenters. The van der Waals surface area contributed by atoms with E-state index in [0.717, 1.165) is 31.9 Å². The van der Waals surface area contributed by atoms with Crippen LogP contribution in [-0.2, 0) is 4.79 Å². The van der Waals surface area contributed by atoms with Crippen molar-refractivity contribution in [1.82, 2.24) is 26.2 Å². The molecule has 2 heterocycles. The average Bonchev–Trinajstić information content (AvgIpc) is 3.05. The van der Waals surface area contributed by atoms with E-state index in [0.29, 0.717) is 6.04 Å². The maximum atomic E-state index is 12.9. The van der Waals surface area contributed by atoms with E-state index in [9.17, 15) is 4.79 Å². The molecule has 2 aliphatic heterocycles. The highest BCUT2D eigenvalue weighted by molar-refractivity contribution is 5.83. The molecule has 7 nitrogen and oxygen atoms in total. The Hall–Kier alpha value is -1.67. The van der Waals surface area contributed by atoms with E-state index in [4.69, 9.17) is 0 Å². The van der Waals surface area contributed by atoms with E-state index < -0.39 is 0 Å². The van der Waals surface area contributed by atoms with Crippen molar-refractivity contribution in [2.45, 2.75) is 45.9 Å². The van der Waals surface area contributed by atoms with E-state index in [-0.39, 0.29) is 18.1 Å². The first kappa shape index (κ1) is 18.1. The first-order valence-corrected chi connectivity index (χ1v) is 9.08. The normalized spacial score (nSPS) is 24.8. The SMILES string of the molecule is Cc1ccc(NC2NNNC2C(=O)N2CCN(C(C)C)CC2)cc1C. The number of amides is 1. The maximum Gasteiger partial charge on any atom is 0.244 e. The van der Waals surface area contributed by atoms with Crippen LogP contribution in [0.4, 0.5) is 5.69 Å². The Morgan fingerprint density at radius 3 is 2.48 bits per heavy atom. The lowest BCUT2D eigenvalue weighted by Crippen LogP contribution is -2.57. The topological polar surface area (TPSA) is 71.7 Å². The standard InChI is InChI=1S/C18H30N6O/c1-12(2)23-7-9-24(10-8-23)18(25)16-17(21-22-20-16)19-15-6-5-13(3)14(4)11-15/h5-6,11-12,16-17,19-22H,7-10H2,1-4H3. The molecule has 2 unspecified atom stereocenters. The van der Waals surface area contributed by atoms with E-state index in [2.05, 4.69) is 66.4 Å². The molecule has 3 rings (SSSR count). The zero-order chi connectivity index (χ0) is 18.0. The molecule has 1 aromatic rings. The zero-order valence-corrected chi connectivity index (χ0v) is 15.6. The molecule has 138 valence electrons. The van der Waals surface area contributed by atoms with Gasteiger partial charge in [0.1, 0.15) is 12.2 Å². The van der Waals surface area contributed by atoms with Crippen LogP contribution in [0.3, 0.4) is 0 Å². The largest absolute Gasteiger partial charge is 0.367 e. The van der Waals surface area contributed by atoms with Gasteiger partial charge in [-0.3, -0.25) is 9.69 Å². The van der Waals surface area contributed by atoms with Crippen molar-refractivity contribution in [2.24, 2.45) is 0 Å². The van der Waals surface area contributed by atoms with Crippen molar-refractivity contribution < 1.29 is 4.79 Å². The Balaban J connectivity index is 1.61. The Bertz CT molecular complexity index is 612. The van der Waals surface area contributed by atoms with Gasteiger partial charge in [0.05, 0.1) is 0 Å². The van der Waals surface area contributed by atoms with E-state index in [1.807, 2.05) is 11.0 Å². The highest BCUT2D eigenvalue weighted by Crippen LogP contribution is 2.17. The number of aryl methyl sites for hydroxylation is 2.